The van der Waals surface area contributed by atoms with Crippen molar-refractivity contribution in [3.63, 3.8) is 0 Å². The molecule has 1 aromatic heterocycles. The predicted molar refractivity (Wildman–Crippen MR) is 158 cm³/mol. The Kier molecular flexibility index (Phi) is 7.32. The molecule has 2 aliphatic rings. The van der Waals surface area contributed by atoms with E-state index in [4.69, 9.17) is 25.8 Å². The third-order valence-corrected chi connectivity index (χ3v) is 8.20. The van der Waals surface area contributed by atoms with Crippen molar-refractivity contribution in [3.05, 3.63) is 82.4 Å². The second kappa shape index (κ2) is 11.1. The van der Waals surface area contributed by atoms with Gasteiger partial charge in [-0.2, -0.15) is 0 Å². The summed E-state index contributed by atoms with van der Waals surface area (Å²) in [6, 6.07) is 16.5. The lowest BCUT2D eigenvalue weighted by molar-refractivity contribution is -0.132. The Labute approximate surface area is 245 Å². The monoisotopic (exact) mass is 590 g/mol. The van der Waals surface area contributed by atoms with Crippen molar-refractivity contribution in [3.8, 4) is 17.2 Å². The van der Waals surface area contributed by atoms with Crippen LogP contribution in [-0.4, -0.2) is 41.6 Å². The quantitative estimate of drug-likeness (QED) is 0.144. The van der Waals surface area contributed by atoms with Crippen LogP contribution in [0.25, 0.3) is 16.0 Å². The molecule has 6 rings (SSSR count). The molecule has 1 amide bonds. The van der Waals surface area contributed by atoms with Crippen LogP contribution in [0.5, 0.6) is 17.2 Å². The average molecular weight is 591 g/mol. The minimum absolute atomic E-state index is 0.0525. The molecule has 0 spiro atoms. The van der Waals surface area contributed by atoms with E-state index >= 15 is 0 Å². The van der Waals surface area contributed by atoms with Gasteiger partial charge in [-0.15, -0.1) is 0 Å². The number of hydrogen-bond donors (Lipinski definition) is 1. The molecular formula is C31H27ClN2O6S. The zero-order chi connectivity index (χ0) is 28.7. The van der Waals surface area contributed by atoms with Crippen molar-refractivity contribution in [1.82, 2.24) is 4.98 Å². The summed E-state index contributed by atoms with van der Waals surface area (Å²) in [5, 5.41) is 12.4. The number of aliphatic hydroxyl groups excluding tert-OH is 1. The SMILES string of the molecule is CC(C)CCOc1cccc(C2/C(=C(\O)c3ccc4c(c3)OCCO4)C(=O)C(=O)N2c2nc3ccc(Cl)cc3s2)c1. The first-order valence-electron chi connectivity index (χ1n) is 13.3. The van der Waals surface area contributed by atoms with E-state index in [0.717, 1.165) is 11.1 Å². The number of amides is 1. The first-order valence-corrected chi connectivity index (χ1v) is 14.5. The molecule has 1 fully saturated rings. The fourth-order valence-corrected chi connectivity index (χ4v) is 6.14. The van der Waals surface area contributed by atoms with Gasteiger partial charge in [-0.05, 0) is 66.4 Å². The van der Waals surface area contributed by atoms with Crippen LogP contribution in [0, 0.1) is 5.92 Å². The number of fused-ring (bicyclic) bond motifs is 2. The molecule has 1 atom stereocenters. The van der Waals surface area contributed by atoms with Crippen LogP contribution in [0.4, 0.5) is 5.13 Å². The number of anilines is 1. The molecule has 0 saturated carbocycles. The summed E-state index contributed by atoms with van der Waals surface area (Å²) in [4.78, 5) is 33.3. The molecule has 2 aliphatic heterocycles. The molecular weight excluding hydrogens is 564 g/mol. The van der Waals surface area contributed by atoms with E-state index in [1.54, 1.807) is 48.5 Å². The number of carbonyl (C=O) groups is 2. The van der Waals surface area contributed by atoms with E-state index in [9.17, 15) is 14.7 Å². The van der Waals surface area contributed by atoms with Gasteiger partial charge in [0.25, 0.3) is 5.78 Å². The van der Waals surface area contributed by atoms with Gasteiger partial charge in [0.05, 0.1) is 28.4 Å². The first kappa shape index (κ1) is 27.1. The number of ketones is 1. The van der Waals surface area contributed by atoms with Crippen LogP contribution in [0.15, 0.2) is 66.2 Å². The van der Waals surface area contributed by atoms with Crippen molar-refractivity contribution in [1.29, 1.82) is 0 Å². The van der Waals surface area contributed by atoms with Crippen LogP contribution in [0.1, 0.15) is 37.4 Å². The van der Waals surface area contributed by atoms with Crippen molar-refractivity contribution >= 4 is 55.7 Å². The number of rotatable bonds is 7. The zero-order valence-electron chi connectivity index (χ0n) is 22.4. The Morgan fingerprint density at radius 1 is 1.10 bits per heavy atom. The molecule has 0 bridgehead atoms. The predicted octanol–water partition coefficient (Wildman–Crippen LogP) is 6.77. The van der Waals surface area contributed by atoms with E-state index < -0.39 is 17.7 Å². The second-order valence-corrected chi connectivity index (χ2v) is 11.7. The Morgan fingerprint density at radius 2 is 1.90 bits per heavy atom. The van der Waals surface area contributed by atoms with Gasteiger partial charge in [-0.1, -0.05) is 48.9 Å². The number of carbonyl (C=O) groups excluding carboxylic acids is 2. The van der Waals surface area contributed by atoms with Gasteiger partial charge in [0, 0.05) is 10.6 Å². The maximum Gasteiger partial charge on any atom is 0.301 e. The number of benzene rings is 3. The summed E-state index contributed by atoms with van der Waals surface area (Å²) in [5.41, 5.74) is 1.52. The minimum Gasteiger partial charge on any atom is -0.507 e. The van der Waals surface area contributed by atoms with Crippen LogP contribution in [-0.2, 0) is 9.59 Å². The third-order valence-electron chi connectivity index (χ3n) is 6.94. The number of hydrogen-bond acceptors (Lipinski definition) is 8. The molecule has 1 N–H and O–H groups in total. The molecule has 1 saturated heterocycles. The number of ether oxygens (including phenoxy) is 3. The van der Waals surface area contributed by atoms with Gasteiger partial charge in [-0.25, -0.2) is 4.98 Å². The molecule has 10 heteroatoms. The first-order chi connectivity index (χ1) is 19.8. The molecule has 0 aliphatic carbocycles. The number of Topliss-reactive ketones (excluding diaryl/α,β-unsaturated/α-hetero) is 1. The molecule has 8 nitrogen and oxygen atoms in total. The van der Waals surface area contributed by atoms with Crippen molar-refractivity contribution in [2.24, 2.45) is 5.92 Å². The lowest BCUT2D eigenvalue weighted by atomic mass is 9.95. The number of thiazole rings is 1. The largest absolute Gasteiger partial charge is 0.507 e. The van der Waals surface area contributed by atoms with E-state index in [0.29, 0.717) is 69.8 Å². The van der Waals surface area contributed by atoms with Crippen LogP contribution >= 0.6 is 22.9 Å². The highest BCUT2D eigenvalue weighted by Crippen LogP contribution is 2.45. The molecule has 3 aromatic carbocycles. The Hall–Kier alpha value is -4.08. The average Bonchev–Trinajstić information content (AvgIpc) is 3.49. The van der Waals surface area contributed by atoms with Gasteiger partial charge in [0.1, 0.15) is 24.7 Å². The fourth-order valence-electron chi connectivity index (χ4n) is 4.87. The Bertz CT molecular complexity index is 1700. The number of halogens is 1. The minimum atomic E-state index is -0.951. The summed E-state index contributed by atoms with van der Waals surface area (Å²) in [6.45, 7) is 5.56. The van der Waals surface area contributed by atoms with Crippen LogP contribution in [0.3, 0.4) is 0 Å². The van der Waals surface area contributed by atoms with Gasteiger partial charge in [-0.3, -0.25) is 14.5 Å². The summed E-state index contributed by atoms with van der Waals surface area (Å²) >= 11 is 7.44. The van der Waals surface area contributed by atoms with Crippen molar-refractivity contribution in [2.45, 2.75) is 26.3 Å². The zero-order valence-corrected chi connectivity index (χ0v) is 24.0. The third kappa shape index (κ3) is 5.23. The van der Waals surface area contributed by atoms with E-state index in [1.807, 2.05) is 12.1 Å². The van der Waals surface area contributed by atoms with Crippen molar-refractivity contribution in [2.75, 3.05) is 24.7 Å². The van der Waals surface area contributed by atoms with Gasteiger partial charge in [0.2, 0.25) is 0 Å². The van der Waals surface area contributed by atoms with Crippen molar-refractivity contribution < 1.29 is 28.9 Å². The topological polar surface area (TPSA) is 98.2 Å². The molecule has 4 aromatic rings. The molecule has 0 radical (unpaired) electrons. The Balaban J connectivity index is 1.48. The molecule has 3 heterocycles. The second-order valence-electron chi connectivity index (χ2n) is 10.2. The lowest BCUT2D eigenvalue weighted by Crippen LogP contribution is -2.29. The molecule has 41 heavy (non-hydrogen) atoms. The highest BCUT2D eigenvalue weighted by Gasteiger charge is 2.48. The van der Waals surface area contributed by atoms with Crippen LogP contribution < -0.4 is 19.1 Å². The summed E-state index contributed by atoms with van der Waals surface area (Å²) < 4.78 is 18.0. The van der Waals surface area contributed by atoms with E-state index in [1.165, 1.54) is 16.2 Å². The standard InChI is InChI=1S/C31H27ClN2O6S/c1-17(2)10-11-38-21-5-3-4-18(14-21)27-26(28(35)19-6-9-23-24(15-19)40-13-12-39-23)29(36)30(37)34(27)31-33-22-8-7-20(32)16-25(22)41-31/h3-9,14-17,27,35H,10-13H2,1-2H3/b28-26+. The molecule has 1 unspecified atom stereocenters. The highest BCUT2D eigenvalue weighted by molar-refractivity contribution is 7.22. The number of aliphatic hydroxyl groups is 1. The smallest absolute Gasteiger partial charge is 0.301 e. The maximum absolute atomic E-state index is 13.6. The summed E-state index contributed by atoms with van der Waals surface area (Å²) in [7, 11) is 0. The summed E-state index contributed by atoms with van der Waals surface area (Å²) in [6.07, 6.45) is 0.876. The van der Waals surface area contributed by atoms with E-state index in [-0.39, 0.29) is 11.3 Å². The number of aromatic nitrogens is 1. The van der Waals surface area contributed by atoms with Crippen LogP contribution in [0.2, 0.25) is 5.02 Å². The Morgan fingerprint density at radius 3 is 2.71 bits per heavy atom. The highest BCUT2D eigenvalue weighted by atomic mass is 35.5. The lowest BCUT2D eigenvalue weighted by Gasteiger charge is -2.24. The van der Waals surface area contributed by atoms with Gasteiger partial charge in [0.15, 0.2) is 16.6 Å². The normalized spacial score (nSPS) is 18.0. The van der Waals surface area contributed by atoms with E-state index in [2.05, 4.69) is 18.8 Å². The summed E-state index contributed by atoms with van der Waals surface area (Å²) in [5.74, 6) is 0.158. The number of nitrogens with zero attached hydrogens (tertiary/aromatic N) is 2. The van der Waals surface area contributed by atoms with Gasteiger partial charge < -0.3 is 19.3 Å². The van der Waals surface area contributed by atoms with Gasteiger partial charge >= 0.3 is 5.91 Å². The molecule has 210 valence electrons. The maximum atomic E-state index is 13.6. The fraction of sp³-hybridized carbons (Fsp3) is 0.258.